The van der Waals surface area contributed by atoms with Crippen molar-refractivity contribution in [3.8, 4) is 0 Å². The summed E-state index contributed by atoms with van der Waals surface area (Å²) in [5.74, 6) is -0.0408. The van der Waals surface area contributed by atoms with Crippen molar-refractivity contribution in [2.45, 2.75) is 6.92 Å². The lowest BCUT2D eigenvalue weighted by Gasteiger charge is -2.08. The van der Waals surface area contributed by atoms with E-state index in [-0.39, 0.29) is 11.9 Å². The number of nitrogens with one attached hydrogen (secondary N) is 2. The smallest absolute Gasteiger partial charge is 0.338 e. The van der Waals surface area contributed by atoms with Gasteiger partial charge in [-0.3, -0.25) is 4.79 Å². The molecule has 0 radical (unpaired) electrons. The lowest BCUT2D eigenvalue weighted by molar-refractivity contribution is 0.0526. The molecule has 132 valence electrons. The maximum absolute atomic E-state index is 12.0. The number of aromatic nitrogens is 1. The Bertz CT molecular complexity index is 875. The number of esters is 1. The summed E-state index contributed by atoms with van der Waals surface area (Å²) < 4.78 is 4.95. The summed E-state index contributed by atoms with van der Waals surface area (Å²) in [7, 11) is 0. The van der Waals surface area contributed by atoms with Gasteiger partial charge in [-0.1, -0.05) is 6.07 Å². The number of benzene rings is 1. The van der Waals surface area contributed by atoms with E-state index < -0.39 is 0 Å². The molecule has 2 N–H and O–H groups in total. The molecule has 0 aliphatic carbocycles. The van der Waals surface area contributed by atoms with Gasteiger partial charge in [-0.2, -0.15) is 0 Å². The molecule has 7 heteroatoms. The molecule has 3 aromatic rings. The van der Waals surface area contributed by atoms with Crippen molar-refractivity contribution in [1.82, 2.24) is 4.98 Å². The first-order valence-corrected chi connectivity index (χ1v) is 8.89. The van der Waals surface area contributed by atoms with E-state index in [4.69, 9.17) is 4.74 Å². The number of carbonyl (C=O) groups is 2. The average molecular weight is 367 g/mol. The van der Waals surface area contributed by atoms with Gasteiger partial charge in [0.15, 0.2) is 0 Å². The standard InChI is InChI=1S/C19H17N3O3S/c1-2-25-19(24)13-5-7-14(8-6-13)21-15-9-10-17(20-12-15)22-18(23)16-4-3-11-26-16/h3-12,21H,2H2,1H3,(H,20,22,23). The monoisotopic (exact) mass is 367 g/mol. The number of carbonyl (C=O) groups excluding carboxylic acids is 2. The molecule has 0 saturated heterocycles. The van der Waals surface area contributed by atoms with Crippen molar-refractivity contribution in [2.24, 2.45) is 0 Å². The van der Waals surface area contributed by atoms with E-state index in [1.807, 2.05) is 17.5 Å². The third kappa shape index (κ3) is 4.46. The number of ether oxygens (including phenoxy) is 1. The van der Waals surface area contributed by atoms with Gasteiger partial charge in [0.1, 0.15) is 5.82 Å². The first-order chi connectivity index (χ1) is 12.7. The van der Waals surface area contributed by atoms with Crippen molar-refractivity contribution in [3.05, 3.63) is 70.5 Å². The number of anilines is 3. The molecule has 1 amide bonds. The van der Waals surface area contributed by atoms with Crippen LogP contribution in [0.5, 0.6) is 0 Å². The number of hydrogen-bond donors (Lipinski definition) is 2. The maximum Gasteiger partial charge on any atom is 0.338 e. The SMILES string of the molecule is CCOC(=O)c1ccc(Nc2ccc(NC(=O)c3cccs3)nc2)cc1. The quantitative estimate of drug-likeness (QED) is 0.635. The van der Waals surface area contributed by atoms with Gasteiger partial charge in [0, 0.05) is 5.69 Å². The molecule has 0 bridgehead atoms. The minimum Gasteiger partial charge on any atom is -0.462 e. The summed E-state index contributed by atoms with van der Waals surface area (Å²) in [5.41, 5.74) is 2.08. The lowest BCUT2D eigenvalue weighted by atomic mass is 10.2. The molecule has 0 saturated carbocycles. The molecule has 2 heterocycles. The number of pyridine rings is 1. The average Bonchev–Trinajstić information content (AvgIpc) is 3.19. The van der Waals surface area contributed by atoms with Crippen LogP contribution in [0.25, 0.3) is 0 Å². The Labute approximate surface area is 154 Å². The Hall–Kier alpha value is -3.19. The van der Waals surface area contributed by atoms with Crippen molar-refractivity contribution < 1.29 is 14.3 Å². The van der Waals surface area contributed by atoms with E-state index >= 15 is 0 Å². The van der Waals surface area contributed by atoms with Crippen LogP contribution in [0, 0.1) is 0 Å². The van der Waals surface area contributed by atoms with Gasteiger partial charge >= 0.3 is 5.97 Å². The highest BCUT2D eigenvalue weighted by molar-refractivity contribution is 7.12. The number of hydrogen-bond acceptors (Lipinski definition) is 6. The minimum absolute atomic E-state index is 0.178. The zero-order valence-electron chi connectivity index (χ0n) is 14.1. The predicted octanol–water partition coefficient (Wildman–Crippen LogP) is 4.32. The van der Waals surface area contributed by atoms with E-state index in [0.717, 1.165) is 11.4 Å². The van der Waals surface area contributed by atoms with Gasteiger partial charge in [0.2, 0.25) is 0 Å². The Morgan fingerprint density at radius 2 is 1.85 bits per heavy atom. The molecular formula is C19H17N3O3S. The van der Waals surface area contributed by atoms with Crippen LogP contribution < -0.4 is 10.6 Å². The first kappa shape index (κ1) is 17.6. The minimum atomic E-state index is -0.341. The fraction of sp³-hybridized carbons (Fsp3) is 0.105. The fourth-order valence-corrected chi connectivity index (χ4v) is 2.82. The molecule has 0 aliphatic heterocycles. The maximum atomic E-state index is 12.0. The third-order valence-electron chi connectivity index (χ3n) is 3.43. The summed E-state index contributed by atoms with van der Waals surface area (Å²) in [5, 5.41) is 7.78. The van der Waals surface area contributed by atoms with Crippen LogP contribution >= 0.6 is 11.3 Å². The van der Waals surface area contributed by atoms with Crippen LogP contribution in [0.15, 0.2) is 60.1 Å². The molecule has 2 aromatic heterocycles. The van der Waals surface area contributed by atoms with E-state index in [9.17, 15) is 9.59 Å². The van der Waals surface area contributed by atoms with E-state index in [1.165, 1.54) is 11.3 Å². The Kier molecular flexibility index (Phi) is 5.60. The van der Waals surface area contributed by atoms with Gasteiger partial charge in [-0.25, -0.2) is 9.78 Å². The van der Waals surface area contributed by atoms with Crippen LogP contribution in [0.4, 0.5) is 17.2 Å². The van der Waals surface area contributed by atoms with Gasteiger partial charge in [-0.05, 0) is 54.8 Å². The van der Waals surface area contributed by atoms with Gasteiger partial charge in [0.25, 0.3) is 5.91 Å². The highest BCUT2D eigenvalue weighted by Gasteiger charge is 2.08. The summed E-state index contributed by atoms with van der Waals surface area (Å²) in [6.45, 7) is 2.12. The Balaban J connectivity index is 1.60. The number of thiophene rings is 1. The molecular weight excluding hydrogens is 350 g/mol. The number of nitrogens with zero attached hydrogens (tertiary/aromatic N) is 1. The summed E-state index contributed by atoms with van der Waals surface area (Å²) in [4.78, 5) is 28.5. The van der Waals surface area contributed by atoms with Crippen molar-refractivity contribution in [3.63, 3.8) is 0 Å². The van der Waals surface area contributed by atoms with Crippen molar-refractivity contribution >= 4 is 40.4 Å². The predicted molar refractivity (Wildman–Crippen MR) is 102 cm³/mol. The van der Waals surface area contributed by atoms with Crippen molar-refractivity contribution in [1.29, 1.82) is 0 Å². The number of amides is 1. The highest BCUT2D eigenvalue weighted by Crippen LogP contribution is 2.19. The van der Waals surface area contributed by atoms with Gasteiger partial charge < -0.3 is 15.4 Å². The molecule has 0 aliphatic rings. The van der Waals surface area contributed by atoms with E-state index in [0.29, 0.717) is 22.9 Å². The topological polar surface area (TPSA) is 80.3 Å². The van der Waals surface area contributed by atoms with Crippen LogP contribution in [0.2, 0.25) is 0 Å². The van der Waals surface area contributed by atoms with E-state index in [1.54, 1.807) is 49.5 Å². The molecule has 6 nitrogen and oxygen atoms in total. The summed E-state index contributed by atoms with van der Waals surface area (Å²) in [6.07, 6.45) is 1.63. The second kappa shape index (κ2) is 8.26. The third-order valence-corrected chi connectivity index (χ3v) is 4.30. The largest absolute Gasteiger partial charge is 0.462 e. The highest BCUT2D eigenvalue weighted by atomic mass is 32.1. The summed E-state index contributed by atoms with van der Waals surface area (Å²) >= 11 is 1.38. The molecule has 26 heavy (non-hydrogen) atoms. The molecule has 0 fully saturated rings. The Morgan fingerprint density at radius 1 is 1.08 bits per heavy atom. The van der Waals surface area contributed by atoms with E-state index in [2.05, 4.69) is 15.6 Å². The molecule has 0 unspecified atom stereocenters. The molecule has 0 spiro atoms. The van der Waals surface area contributed by atoms with Crippen LogP contribution in [-0.2, 0) is 4.74 Å². The summed E-state index contributed by atoms with van der Waals surface area (Å²) in [6, 6.07) is 14.1. The molecule has 1 aromatic carbocycles. The zero-order valence-corrected chi connectivity index (χ0v) is 14.9. The molecule has 3 rings (SSSR count). The second-order valence-corrected chi connectivity index (χ2v) is 6.23. The normalized spacial score (nSPS) is 10.2. The second-order valence-electron chi connectivity index (χ2n) is 5.29. The van der Waals surface area contributed by atoms with Crippen LogP contribution in [-0.4, -0.2) is 23.5 Å². The van der Waals surface area contributed by atoms with Gasteiger partial charge in [-0.15, -0.1) is 11.3 Å². The molecule has 0 atom stereocenters. The Morgan fingerprint density at radius 3 is 2.46 bits per heavy atom. The van der Waals surface area contributed by atoms with Crippen molar-refractivity contribution in [2.75, 3.05) is 17.2 Å². The number of rotatable bonds is 6. The van der Waals surface area contributed by atoms with Crippen LogP contribution in [0.1, 0.15) is 27.0 Å². The lowest BCUT2D eigenvalue weighted by Crippen LogP contribution is -2.11. The van der Waals surface area contributed by atoms with Crippen LogP contribution in [0.3, 0.4) is 0 Å². The first-order valence-electron chi connectivity index (χ1n) is 8.01. The zero-order chi connectivity index (χ0) is 18.4. The fourth-order valence-electron chi connectivity index (χ4n) is 2.20. The van der Waals surface area contributed by atoms with Gasteiger partial charge in [0.05, 0.1) is 28.9 Å².